The zero-order valence-electron chi connectivity index (χ0n) is 12.3. The molecule has 21 heavy (non-hydrogen) atoms. The molecule has 0 saturated carbocycles. The highest BCUT2D eigenvalue weighted by molar-refractivity contribution is 5.99. The lowest BCUT2D eigenvalue weighted by Gasteiger charge is -2.09. The first-order valence-corrected chi connectivity index (χ1v) is 7.05. The summed E-state index contributed by atoms with van der Waals surface area (Å²) in [6, 6.07) is 10.8. The number of rotatable bonds is 6. The monoisotopic (exact) mass is 285 g/mol. The molecule has 0 fully saturated rings. The molecule has 1 N–H and O–H groups in total. The number of ether oxygens (including phenoxy) is 1. The number of H-pyrrole nitrogens is 1. The van der Waals surface area contributed by atoms with Gasteiger partial charge in [0.05, 0.1) is 0 Å². The molecule has 110 valence electrons. The molecule has 0 saturated heterocycles. The summed E-state index contributed by atoms with van der Waals surface area (Å²) in [5.74, 6) is -0.255. The van der Waals surface area contributed by atoms with Gasteiger partial charge in [0.25, 0.3) is 0 Å². The zero-order chi connectivity index (χ0) is 15.2. The lowest BCUT2D eigenvalue weighted by Crippen LogP contribution is -2.14. The highest BCUT2D eigenvalue weighted by Crippen LogP contribution is 2.19. The third kappa shape index (κ3) is 3.81. The van der Waals surface area contributed by atoms with E-state index in [0.29, 0.717) is 17.2 Å². The first-order chi connectivity index (χ1) is 10.1. The molecule has 0 aliphatic rings. The zero-order valence-corrected chi connectivity index (χ0v) is 12.3. The van der Waals surface area contributed by atoms with Gasteiger partial charge in [-0.2, -0.15) is 0 Å². The van der Waals surface area contributed by atoms with E-state index < -0.39 is 5.97 Å². The van der Waals surface area contributed by atoms with Crippen molar-refractivity contribution in [1.29, 1.82) is 0 Å². The molecular weight excluding hydrogens is 266 g/mol. The number of carbonyl (C=O) groups excluding carboxylic acids is 2. The number of carbonyl (C=O) groups is 2. The van der Waals surface area contributed by atoms with E-state index in [-0.39, 0.29) is 12.4 Å². The first kappa shape index (κ1) is 15.0. The fraction of sp³-hybridized carbons (Fsp3) is 0.294. The Morgan fingerprint density at radius 1 is 1.19 bits per heavy atom. The van der Waals surface area contributed by atoms with Gasteiger partial charge in [0, 0.05) is 11.8 Å². The normalized spacial score (nSPS) is 11.9. The molecule has 2 aromatic rings. The van der Waals surface area contributed by atoms with Crippen molar-refractivity contribution in [2.45, 2.75) is 26.2 Å². The van der Waals surface area contributed by atoms with Crippen LogP contribution in [0.3, 0.4) is 0 Å². The summed E-state index contributed by atoms with van der Waals surface area (Å²) >= 11 is 0. The van der Waals surface area contributed by atoms with Gasteiger partial charge in [0.2, 0.25) is 0 Å². The number of nitrogens with one attached hydrogen (secondary N) is 1. The van der Waals surface area contributed by atoms with Gasteiger partial charge in [-0.1, -0.05) is 38.1 Å². The van der Waals surface area contributed by atoms with E-state index in [2.05, 4.69) is 18.8 Å². The van der Waals surface area contributed by atoms with Crippen molar-refractivity contribution in [3.05, 3.63) is 59.4 Å². The van der Waals surface area contributed by atoms with Crippen molar-refractivity contribution in [1.82, 2.24) is 4.98 Å². The Kier molecular flexibility index (Phi) is 4.93. The lowest BCUT2D eigenvalue weighted by atomic mass is 9.97. The molecule has 0 radical (unpaired) electrons. The molecule has 0 unspecified atom stereocenters. The summed E-state index contributed by atoms with van der Waals surface area (Å²) < 4.78 is 4.98. The molecule has 4 nitrogen and oxygen atoms in total. The number of aromatic amines is 1. The minimum atomic E-state index is -0.524. The van der Waals surface area contributed by atoms with Crippen LogP contribution in [0.4, 0.5) is 0 Å². The van der Waals surface area contributed by atoms with Crippen LogP contribution in [-0.2, 0) is 4.74 Å². The topological polar surface area (TPSA) is 59.2 Å². The van der Waals surface area contributed by atoms with Crippen LogP contribution in [0.1, 0.15) is 52.6 Å². The number of Topliss-reactive ketones (excluding diaryl/α,β-unsaturated/α-hetero) is 1. The molecule has 1 aromatic carbocycles. The number of hydrogen-bond acceptors (Lipinski definition) is 3. The van der Waals surface area contributed by atoms with Gasteiger partial charge in [-0.05, 0) is 30.0 Å². The van der Waals surface area contributed by atoms with Crippen molar-refractivity contribution in [2.75, 3.05) is 6.61 Å². The van der Waals surface area contributed by atoms with E-state index in [9.17, 15) is 9.59 Å². The van der Waals surface area contributed by atoms with Crippen molar-refractivity contribution < 1.29 is 14.3 Å². The Hall–Kier alpha value is -2.36. The fourth-order valence-electron chi connectivity index (χ4n) is 1.98. The Morgan fingerprint density at radius 2 is 1.90 bits per heavy atom. The summed E-state index contributed by atoms with van der Waals surface area (Å²) in [7, 11) is 0. The maximum Gasteiger partial charge on any atom is 0.355 e. The van der Waals surface area contributed by atoms with Gasteiger partial charge in [0.1, 0.15) is 5.69 Å². The van der Waals surface area contributed by atoms with Crippen molar-refractivity contribution >= 4 is 11.8 Å². The SMILES string of the molecule is CC[C@@H](C)c1ccc(C(=O)COC(=O)c2ccc[nH]2)cc1. The van der Waals surface area contributed by atoms with Crippen LogP contribution in [0.5, 0.6) is 0 Å². The summed E-state index contributed by atoms with van der Waals surface area (Å²) in [4.78, 5) is 26.3. The molecule has 2 rings (SSSR count). The first-order valence-electron chi connectivity index (χ1n) is 7.05. The van der Waals surface area contributed by atoms with Crippen molar-refractivity contribution in [2.24, 2.45) is 0 Å². The average molecular weight is 285 g/mol. The van der Waals surface area contributed by atoms with Gasteiger partial charge >= 0.3 is 5.97 Å². The molecule has 1 atom stereocenters. The maximum atomic E-state index is 12.0. The predicted octanol–water partition coefficient (Wildman–Crippen LogP) is 3.57. The second kappa shape index (κ2) is 6.88. The van der Waals surface area contributed by atoms with Crippen molar-refractivity contribution in [3.8, 4) is 0 Å². The van der Waals surface area contributed by atoms with Gasteiger partial charge in [0.15, 0.2) is 12.4 Å². The smallest absolute Gasteiger partial charge is 0.355 e. The minimum Gasteiger partial charge on any atom is -0.453 e. The van der Waals surface area contributed by atoms with Crippen molar-refractivity contribution in [3.63, 3.8) is 0 Å². The summed E-state index contributed by atoms with van der Waals surface area (Å²) in [5, 5.41) is 0. The number of ketones is 1. The fourth-order valence-corrected chi connectivity index (χ4v) is 1.98. The quantitative estimate of drug-likeness (QED) is 0.652. The van der Waals surface area contributed by atoms with Gasteiger partial charge in [-0.15, -0.1) is 0 Å². The third-order valence-corrected chi connectivity index (χ3v) is 3.57. The number of esters is 1. The average Bonchev–Trinajstić information content (AvgIpc) is 3.06. The molecule has 0 aliphatic heterocycles. The molecule has 4 heteroatoms. The summed E-state index contributed by atoms with van der Waals surface area (Å²) in [5.41, 5.74) is 2.11. The van der Waals surface area contributed by atoms with Crippen LogP contribution >= 0.6 is 0 Å². The Balaban J connectivity index is 1.93. The number of hydrogen-bond donors (Lipinski definition) is 1. The molecule has 1 aromatic heterocycles. The predicted molar refractivity (Wildman–Crippen MR) is 80.6 cm³/mol. The maximum absolute atomic E-state index is 12.0. The number of aromatic nitrogens is 1. The van der Waals surface area contributed by atoms with E-state index in [1.165, 1.54) is 5.56 Å². The standard InChI is InChI=1S/C17H19NO3/c1-3-12(2)13-6-8-14(9-7-13)16(19)11-21-17(20)15-5-4-10-18-15/h4-10,12,18H,3,11H2,1-2H3/t12-/m1/s1. The van der Waals surface area contributed by atoms with Crippen LogP contribution < -0.4 is 0 Å². The van der Waals surface area contributed by atoms with Crippen LogP contribution in [0.25, 0.3) is 0 Å². The molecular formula is C17H19NO3. The van der Waals surface area contributed by atoms with Crippen LogP contribution in [0.15, 0.2) is 42.6 Å². The van der Waals surface area contributed by atoms with Crippen LogP contribution in [0, 0.1) is 0 Å². The summed E-state index contributed by atoms with van der Waals surface area (Å²) in [6.45, 7) is 4.03. The Labute approximate surface area is 124 Å². The molecule has 0 aliphatic carbocycles. The second-order valence-electron chi connectivity index (χ2n) is 5.01. The van der Waals surface area contributed by atoms with E-state index >= 15 is 0 Å². The van der Waals surface area contributed by atoms with E-state index in [0.717, 1.165) is 6.42 Å². The van der Waals surface area contributed by atoms with E-state index in [1.807, 2.05) is 12.1 Å². The summed E-state index contributed by atoms with van der Waals surface area (Å²) in [6.07, 6.45) is 2.69. The van der Waals surface area contributed by atoms with E-state index in [4.69, 9.17) is 4.74 Å². The molecule has 0 amide bonds. The van der Waals surface area contributed by atoms with Gasteiger partial charge in [-0.25, -0.2) is 4.79 Å². The van der Waals surface area contributed by atoms with Crippen LogP contribution in [-0.4, -0.2) is 23.3 Å². The van der Waals surface area contributed by atoms with E-state index in [1.54, 1.807) is 30.5 Å². The van der Waals surface area contributed by atoms with Crippen LogP contribution in [0.2, 0.25) is 0 Å². The lowest BCUT2D eigenvalue weighted by molar-refractivity contribution is 0.0469. The second-order valence-corrected chi connectivity index (χ2v) is 5.01. The van der Waals surface area contributed by atoms with Gasteiger partial charge in [-0.3, -0.25) is 4.79 Å². The largest absolute Gasteiger partial charge is 0.453 e. The molecule has 1 heterocycles. The molecule has 0 bridgehead atoms. The minimum absolute atomic E-state index is 0.203. The van der Waals surface area contributed by atoms with Gasteiger partial charge < -0.3 is 9.72 Å². The highest BCUT2D eigenvalue weighted by atomic mass is 16.5. The highest BCUT2D eigenvalue weighted by Gasteiger charge is 2.12. The Morgan fingerprint density at radius 3 is 2.48 bits per heavy atom. The molecule has 0 spiro atoms. The number of benzene rings is 1. The Bertz CT molecular complexity index is 599. The third-order valence-electron chi connectivity index (χ3n) is 3.57.